The van der Waals surface area contributed by atoms with Gasteiger partial charge in [0, 0.05) is 57.8 Å². The summed E-state index contributed by atoms with van der Waals surface area (Å²) in [5, 5.41) is 0. The first-order chi connectivity index (χ1) is 18.1. The Morgan fingerprint density at radius 3 is 2.32 bits per heavy atom. The minimum absolute atomic E-state index is 0.0569. The minimum atomic E-state index is -4.34. The fraction of sp³-hybridized carbons (Fsp3) is 0.519. The summed E-state index contributed by atoms with van der Waals surface area (Å²) < 4.78 is 44.2. The molecule has 8 nitrogen and oxygen atoms in total. The average molecular weight is 532 g/mol. The third kappa shape index (κ3) is 5.94. The summed E-state index contributed by atoms with van der Waals surface area (Å²) in [5.41, 5.74) is 6.71. The van der Waals surface area contributed by atoms with Crippen molar-refractivity contribution < 1.29 is 27.5 Å². The molecular formula is C27H32F3N5O3. The molecule has 5 rings (SSSR count). The maximum atomic E-state index is 12.8. The third-order valence-electron chi connectivity index (χ3n) is 7.75. The number of nitrogens with two attached hydrogens (primary N) is 1. The summed E-state index contributed by atoms with van der Waals surface area (Å²) in [4.78, 5) is 35.4. The second-order valence-electron chi connectivity index (χ2n) is 10.5. The number of nitrogens with zero attached hydrogens (tertiary/aromatic N) is 4. The zero-order valence-electron chi connectivity index (χ0n) is 21.1. The maximum absolute atomic E-state index is 12.8. The van der Waals surface area contributed by atoms with Gasteiger partial charge < -0.3 is 15.4 Å². The van der Waals surface area contributed by atoms with E-state index in [1.165, 1.54) is 12.1 Å². The highest BCUT2D eigenvalue weighted by molar-refractivity contribution is 5.94. The van der Waals surface area contributed by atoms with E-state index in [9.17, 15) is 22.8 Å². The van der Waals surface area contributed by atoms with Crippen LogP contribution in [-0.2, 0) is 24.0 Å². The quantitative estimate of drug-likeness (QED) is 0.634. The summed E-state index contributed by atoms with van der Waals surface area (Å²) in [5.74, 6) is -0.0569. The third-order valence-corrected chi connectivity index (χ3v) is 7.75. The lowest BCUT2D eigenvalue weighted by atomic mass is 9.91. The second kappa shape index (κ2) is 10.5. The number of halogens is 3. The average Bonchev–Trinajstić information content (AvgIpc) is 3.20. The fourth-order valence-electron chi connectivity index (χ4n) is 5.38. The molecule has 2 N–H and O–H groups in total. The molecule has 0 aliphatic carbocycles. The molecule has 3 saturated heterocycles. The Bertz CT molecular complexity index is 1140. The molecule has 2 aromatic rings. The van der Waals surface area contributed by atoms with E-state index in [4.69, 9.17) is 10.5 Å². The Balaban J connectivity index is 1.12. The maximum Gasteiger partial charge on any atom is 0.416 e. The van der Waals surface area contributed by atoms with Crippen molar-refractivity contribution in [2.75, 3.05) is 32.7 Å². The molecule has 0 radical (unpaired) electrons. The standard InChI is InChI=1S/C27H32F3N5O3/c28-27(29,30)21-4-1-19(2-5-21)16-33-13-9-26(10-14-33)18-35(25(37)38-26)17-23-6-3-20(15-32-23)24(36)34-11-7-22(31)8-12-34/h1-6,15,22H,7-14,16-18,31H2. The van der Waals surface area contributed by atoms with Gasteiger partial charge in [0.1, 0.15) is 5.60 Å². The Morgan fingerprint density at radius 1 is 1.03 bits per heavy atom. The number of hydrogen-bond donors (Lipinski definition) is 1. The molecule has 3 fully saturated rings. The number of pyridine rings is 1. The Labute approximate surface area is 219 Å². The SMILES string of the molecule is NC1CCN(C(=O)c2ccc(CN3CC4(CCN(Cc5ccc(C(F)(F)F)cc5)CC4)OC3=O)nc2)CC1. The molecule has 4 heterocycles. The predicted octanol–water partition coefficient (Wildman–Crippen LogP) is 3.65. The first kappa shape index (κ1) is 26.4. The highest BCUT2D eigenvalue weighted by Gasteiger charge is 2.47. The predicted molar refractivity (Wildman–Crippen MR) is 133 cm³/mol. The topological polar surface area (TPSA) is 92.0 Å². The molecular weight excluding hydrogens is 499 g/mol. The molecule has 1 spiro atoms. The number of amides is 2. The van der Waals surface area contributed by atoms with Gasteiger partial charge >= 0.3 is 12.3 Å². The van der Waals surface area contributed by atoms with E-state index in [0.29, 0.717) is 69.9 Å². The number of piperidine rings is 2. The van der Waals surface area contributed by atoms with Crippen LogP contribution in [0.3, 0.4) is 0 Å². The zero-order chi connectivity index (χ0) is 26.9. The molecule has 1 aromatic heterocycles. The van der Waals surface area contributed by atoms with Gasteiger partial charge in [0.15, 0.2) is 0 Å². The monoisotopic (exact) mass is 531 g/mol. The van der Waals surface area contributed by atoms with Crippen molar-refractivity contribution in [3.05, 3.63) is 65.0 Å². The highest BCUT2D eigenvalue weighted by atomic mass is 19.4. The summed E-state index contributed by atoms with van der Waals surface area (Å²) in [6, 6.07) is 8.91. The van der Waals surface area contributed by atoms with E-state index in [0.717, 1.165) is 30.5 Å². The summed E-state index contributed by atoms with van der Waals surface area (Å²) >= 11 is 0. The number of ether oxygens (including phenoxy) is 1. The summed E-state index contributed by atoms with van der Waals surface area (Å²) in [6.45, 7) is 3.94. The lowest BCUT2D eigenvalue weighted by Crippen LogP contribution is -2.46. The number of carbonyl (C=O) groups is 2. The number of likely N-dealkylation sites (tertiary alicyclic amines) is 2. The smallest absolute Gasteiger partial charge is 0.416 e. The molecule has 204 valence electrons. The van der Waals surface area contributed by atoms with E-state index in [1.807, 2.05) is 0 Å². The largest absolute Gasteiger partial charge is 0.441 e. The lowest BCUT2D eigenvalue weighted by Gasteiger charge is -2.37. The van der Waals surface area contributed by atoms with E-state index in [1.54, 1.807) is 28.1 Å². The van der Waals surface area contributed by atoms with Gasteiger partial charge in [0.2, 0.25) is 0 Å². The van der Waals surface area contributed by atoms with Gasteiger partial charge in [0.25, 0.3) is 5.91 Å². The minimum Gasteiger partial charge on any atom is -0.441 e. The number of alkyl halides is 3. The zero-order valence-corrected chi connectivity index (χ0v) is 21.1. The Morgan fingerprint density at radius 2 is 1.71 bits per heavy atom. The van der Waals surface area contributed by atoms with Crippen molar-refractivity contribution in [1.82, 2.24) is 19.7 Å². The van der Waals surface area contributed by atoms with Crippen LogP contribution in [0.4, 0.5) is 18.0 Å². The number of aromatic nitrogens is 1. The molecule has 0 bridgehead atoms. The Kier molecular flexibility index (Phi) is 7.32. The fourth-order valence-corrected chi connectivity index (χ4v) is 5.38. The first-order valence-corrected chi connectivity index (χ1v) is 13.0. The van der Waals surface area contributed by atoms with Gasteiger partial charge in [0.05, 0.1) is 29.9 Å². The van der Waals surface area contributed by atoms with Gasteiger partial charge in [-0.25, -0.2) is 4.79 Å². The van der Waals surface area contributed by atoms with Crippen LogP contribution in [0.1, 0.15) is 52.9 Å². The van der Waals surface area contributed by atoms with E-state index in [2.05, 4.69) is 9.88 Å². The van der Waals surface area contributed by atoms with Crippen LogP contribution in [0.25, 0.3) is 0 Å². The molecule has 11 heteroatoms. The molecule has 0 atom stereocenters. The van der Waals surface area contributed by atoms with Gasteiger partial charge in [-0.1, -0.05) is 12.1 Å². The van der Waals surface area contributed by atoms with Crippen molar-refractivity contribution in [2.45, 2.75) is 56.6 Å². The van der Waals surface area contributed by atoms with E-state index < -0.39 is 17.3 Å². The van der Waals surface area contributed by atoms with Gasteiger partial charge in [-0.15, -0.1) is 0 Å². The van der Waals surface area contributed by atoms with Crippen LogP contribution in [-0.4, -0.2) is 76.1 Å². The Hall–Kier alpha value is -3.18. The van der Waals surface area contributed by atoms with Gasteiger partial charge in [-0.3, -0.25) is 19.6 Å². The first-order valence-electron chi connectivity index (χ1n) is 13.0. The highest BCUT2D eigenvalue weighted by Crippen LogP contribution is 2.35. The van der Waals surface area contributed by atoms with Crippen molar-refractivity contribution in [2.24, 2.45) is 5.73 Å². The van der Waals surface area contributed by atoms with Crippen LogP contribution in [0, 0.1) is 0 Å². The normalized spacial score (nSPS) is 20.7. The van der Waals surface area contributed by atoms with E-state index >= 15 is 0 Å². The van der Waals surface area contributed by atoms with Crippen LogP contribution < -0.4 is 5.73 Å². The summed E-state index contributed by atoms with van der Waals surface area (Å²) in [7, 11) is 0. The number of carbonyl (C=O) groups excluding carboxylic acids is 2. The van der Waals surface area contributed by atoms with Crippen molar-refractivity contribution >= 4 is 12.0 Å². The van der Waals surface area contributed by atoms with E-state index in [-0.39, 0.29) is 18.0 Å². The number of rotatable bonds is 5. The molecule has 0 unspecified atom stereocenters. The van der Waals surface area contributed by atoms with Crippen LogP contribution in [0.15, 0.2) is 42.6 Å². The van der Waals surface area contributed by atoms with Crippen LogP contribution in [0.5, 0.6) is 0 Å². The van der Waals surface area contributed by atoms with Crippen LogP contribution >= 0.6 is 0 Å². The number of benzene rings is 1. The van der Waals surface area contributed by atoms with Gasteiger partial charge in [-0.05, 0) is 42.7 Å². The second-order valence-corrected chi connectivity index (χ2v) is 10.5. The van der Waals surface area contributed by atoms with Crippen LogP contribution in [0.2, 0.25) is 0 Å². The van der Waals surface area contributed by atoms with Crippen molar-refractivity contribution in [3.63, 3.8) is 0 Å². The molecule has 38 heavy (non-hydrogen) atoms. The van der Waals surface area contributed by atoms with Gasteiger partial charge in [-0.2, -0.15) is 13.2 Å². The summed E-state index contributed by atoms with van der Waals surface area (Å²) in [6.07, 6.45) is -0.278. The van der Waals surface area contributed by atoms with Crippen molar-refractivity contribution in [1.29, 1.82) is 0 Å². The molecule has 2 amide bonds. The molecule has 3 aliphatic heterocycles. The molecule has 3 aliphatic rings. The molecule has 1 aromatic carbocycles. The molecule has 0 saturated carbocycles. The van der Waals surface area contributed by atoms with Crippen molar-refractivity contribution in [3.8, 4) is 0 Å². The lowest BCUT2D eigenvalue weighted by molar-refractivity contribution is -0.137. The number of hydrogen-bond acceptors (Lipinski definition) is 6.